The number of rotatable bonds is 13. The van der Waals surface area contributed by atoms with Crippen LogP contribution in [0, 0.1) is 12.7 Å². The van der Waals surface area contributed by atoms with Crippen LogP contribution in [0.25, 0.3) is 0 Å². The maximum Gasteiger partial charge on any atom is 0.243 e. The Morgan fingerprint density at radius 3 is 2.10 bits per heavy atom. The van der Waals surface area contributed by atoms with E-state index in [2.05, 4.69) is 5.32 Å². The Morgan fingerprint density at radius 2 is 1.52 bits per heavy atom. The molecule has 0 spiro atoms. The number of carbonyl (C=O) groups is 2. The van der Waals surface area contributed by atoms with Crippen LogP contribution < -0.4 is 9.62 Å². The number of anilines is 1. The normalized spacial score (nSPS) is 12.2. The first-order valence-electron chi connectivity index (χ1n) is 13.4. The van der Waals surface area contributed by atoms with Gasteiger partial charge in [0, 0.05) is 32.0 Å². The van der Waals surface area contributed by atoms with E-state index in [1.54, 1.807) is 4.90 Å². The van der Waals surface area contributed by atoms with Crippen molar-refractivity contribution in [3.8, 4) is 0 Å². The number of aryl methyl sites for hydroxylation is 1. The van der Waals surface area contributed by atoms with E-state index in [4.69, 9.17) is 0 Å². The van der Waals surface area contributed by atoms with Crippen LogP contribution in [0.3, 0.4) is 0 Å². The standard InChI is InChI=1S/C31H38FN3O4S/c1-23(2)33-31(37)29(21-25-9-6-5-7-10-25)34(22-26-14-12-24(3)13-15-26)30(36)11-8-20-35(40(4,38)39)28-18-16-27(32)17-19-28/h5-7,9-10,12-19,23,29H,8,11,20-22H2,1-4H3,(H,33,37)/t29-/m1/s1. The van der Waals surface area contributed by atoms with Gasteiger partial charge < -0.3 is 10.2 Å². The smallest absolute Gasteiger partial charge is 0.243 e. The zero-order chi connectivity index (χ0) is 29.3. The lowest BCUT2D eigenvalue weighted by Gasteiger charge is -2.32. The minimum absolute atomic E-state index is 0.0271. The SMILES string of the molecule is Cc1ccc(CN(C(=O)CCCN(c2ccc(F)cc2)S(C)(=O)=O)[C@H](Cc2ccccc2)C(=O)NC(C)C)cc1. The lowest BCUT2D eigenvalue weighted by molar-refractivity contribution is -0.141. The zero-order valence-electron chi connectivity index (χ0n) is 23.5. The van der Waals surface area contributed by atoms with Gasteiger partial charge in [-0.3, -0.25) is 13.9 Å². The van der Waals surface area contributed by atoms with Crippen LogP contribution in [0.4, 0.5) is 10.1 Å². The maximum absolute atomic E-state index is 13.8. The highest BCUT2D eigenvalue weighted by Gasteiger charge is 2.31. The predicted octanol–water partition coefficient (Wildman–Crippen LogP) is 4.85. The van der Waals surface area contributed by atoms with Gasteiger partial charge >= 0.3 is 0 Å². The van der Waals surface area contributed by atoms with Crippen molar-refractivity contribution in [2.24, 2.45) is 0 Å². The van der Waals surface area contributed by atoms with Gasteiger partial charge in [0.2, 0.25) is 21.8 Å². The summed E-state index contributed by atoms with van der Waals surface area (Å²) in [6, 6.07) is 21.7. The van der Waals surface area contributed by atoms with E-state index < -0.39 is 21.9 Å². The third kappa shape index (κ3) is 9.19. The molecule has 1 atom stereocenters. The van der Waals surface area contributed by atoms with Crippen LogP contribution in [0.1, 0.15) is 43.4 Å². The van der Waals surface area contributed by atoms with Crippen molar-refractivity contribution in [1.29, 1.82) is 0 Å². The second-order valence-electron chi connectivity index (χ2n) is 10.3. The molecule has 0 bridgehead atoms. The zero-order valence-corrected chi connectivity index (χ0v) is 24.3. The number of benzene rings is 3. The first kappa shape index (κ1) is 30.8. The minimum atomic E-state index is -3.66. The molecule has 40 heavy (non-hydrogen) atoms. The second-order valence-corrected chi connectivity index (χ2v) is 12.2. The van der Waals surface area contributed by atoms with Gasteiger partial charge in [-0.25, -0.2) is 12.8 Å². The first-order valence-corrected chi connectivity index (χ1v) is 15.2. The highest BCUT2D eigenvalue weighted by atomic mass is 32.2. The molecule has 3 rings (SSSR count). The molecule has 0 aliphatic carbocycles. The number of hydrogen-bond donors (Lipinski definition) is 1. The summed E-state index contributed by atoms with van der Waals surface area (Å²) in [5.74, 6) is -0.973. The quantitative estimate of drug-likeness (QED) is 0.320. The van der Waals surface area contributed by atoms with Crippen molar-refractivity contribution in [2.75, 3.05) is 17.1 Å². The third-order valence-electron chi connectivity index (χ3n) is 6.44. The number of sulfonamides is 1. The molecule has 0 fully saturated rings. The van der Waals surface area contributed by atoms with Crippen molar-refractivity contribution in [1.82, 2.24) is 10.2 Å². The molecule has 0 radical (unpaired) electrons. The average molecular weight is 568 g/mol. The van der Waals surface area contributed by atoms with E-state index in [1.165, 1.54) is 24.3 Å². The molecule has 7 nitrogen and oxygen atoms in total. The lowest BCUT2D eigenvalue weighted by Crippen LogP contribution is -2.51. The largest absolute Gasteiger partial charge is 0.352 e. The van der Waals surface area contributed by atoms with Crippen molar-refractivity contribution < 1.29 is 22.4 Å². The number of nitrogens with zero attached hydrogens (tertiary/aromatic N) is 2. The van der Waals surface area contributed by atoms with Crippen molar-refractivity contribution >= 4 is 27.5 Å². The van der Waals surface area contributed by atoms with Gasteiger partial charge in [0.05, 0.1) is 11.9 Å². The summed E-state index contributed by atoms with van der Waals surface area (Å²) in [5.41, 5.74) is 3.22. The molecule has 0 aliphatic rings. The summed E-state index contributed by atoms with van der Waals surface area (Å²) in [4.78, 5) is 28.8. The maximum atomic E-state index is 13.8. The van der Waals surface area contributed by atoms with Crippen LogP contribution in [0.2, 0.25) is 0 Å². The van der Waals surface area contributed by atoms with Crippen LogP contribution in [0.5, 0.6) is 0 Å². The molecule has 0 unspecified atom stereocenters. The summed E-state index contributed by atoms with van der Waals surface area (Å²) < 4.78 is 39.5. The summed E-state index contributed by atoms with van der Waals surface area (Å²) in [7, 11) is -3.66. The van der Waals surface area contributed by atoms with Crippen LogP contribution in [-0.2, 0) is 32.6 Å². The molecule has 0 saturated carbocycles. The summed E-state index contributed by atoms with van der Waals surface area (Å²) in [6.07, 6.45) is 1.66. The van der Waals surface area contributed by atoms with Gasteiger partial charge in [-0.15, -0.1) is 0 Å². The number of amides is 2. The highest BCUT2D eigenvalue weighted by molar-refractivity contribution is 7.92. The molecule has 2 amide bonds. The van der Waals surface area contributed by atoms with Crippen LogP contribution in [-0.4, -0.2) is 50.0 Å². The Labute approximate surface area is 237 Å². The van der Waals surface area contributed by atoms with Crippen LogP contribution >= 0.6 is 0 Å². The van der Waals surface area contributed by atoms with Gasteiger partial charge in [0.15, 0.2) is 0 Å². The van der Waals surface area contributed by atoms with E-state index >= 15 is 0 Å². The fourth-order valence-electron chi connectivity index (χ4n) is 4.44. The topological polar surface area (TPSA) is 86.8 Å². The molecule has 0 aromatic heterocycles. The summed E-state index contributed by atoms with van der Waals surface area (Å²) in [6.45, 7) is 6.00. The van der Waals surface area contributed by atoms with Crippen molar-refractivity contribution in [3.63, 3.8) is 0 Å². The fraction of sp³-hybridized carbons (Fsp3) is 0.355. The Bertz CT molecular complexity index is 1360. The molecule has 0 aliphatic heterocycles. The predicted molar refractivity (Wildman–Crippen MR) is 157 cm³/mol. The Kier molecular flexibility index (Phi) is 10.8. The van der Waals surface area contributed by atoms with E-state index in [-0.39, 0.29) is 43.8 Å². The molecule has 0 heterocycles. The Hall–Kier alpha value is -3.72. The molecule has 9 heteroatoms. The summed E-state index contributed by atoms with van der Waals surface area (Å²) >= 11 is 0. The summed E-state index contributed by atoms with van der Waals surface area (Å²) in [5, 5.41) is 2.96. The van der Waals surface area contributed by atoms with Crippen molar-refractivity contribution in [3.05, 3.63) is 101 Å². The van der Waals surface area contributed by atoms with Crippen LogP contribution in [0.15, 0.2) is 78.9 Å². The molecular weight excluding hydrogens is 529 g/mol. The molecule has 1 N–H and O–H groups in total. The molecule has 3 aromatic rings. The first-order chi connectivity index (χ1) is 18.9. The fourth-order valence-corrected chi connectivity index (χ4v) is 5.40. The Morgan fingerprint density at radius 1 is 0.900 bits per heavy atom. The van der Waals surface area contributed by atoms with Gasteiger partial charge in [0.25, 0.3) is 0 Å². The third-order valence-corrected chi connectivity index (χ3v) is 7.64. The van der Waals surface area contributed by atoms with Gasteiger partial charge in [-0.2, -0.15) is 0 Å². The van der Waals surface area contributed by atoms with E-state index in [0.29, 0.717) is 12.1 Å². The molecule has 0 saturated heterocycles. The van der Waals surface area contributed by atoms with E-state index in [9.17, 15) is 22.4 Å². The lowest BCUT2D eigenvalue weighted by atomic mass is 10.0. The van der Waals surface area contributed by atoms with Crippen molar-refractivity contribution in [2.45, 2.75) is 58.7 Å². The second kappa shape index (κ2) is 14.1. The molecule has 3 aromatic carbocycles. The highest BCUT2D eigenvalue weighted by Crippen LogP contribution is 2.21. The van der Waals surface area contributed by atoms with E-state index in [1.807, 2.05) is 75.4 Å². The monoisotopic (exact) mass is 567 g/mol. The Balaban J connectivity index is 1.87. The molecule has 214 valence electrons. The number of nitrogens with one attached hydrogen (secondary N) is 1. The minimum Gasteiger partial charge on any atom is -0.352 e. The number of carbonyl (C=O) groups excluding carboxylic acids is 2. The van der Waals surface area contributed by atoms with Gasteiger partial charge in [-0.1, -0.05) is 60.2 Å². The average Bonchev–Trinajstić information content (AvgIpc) is 2.90. The van der Waals surface area contributed by atoms with E-state index in [0.717, 1.165) is 27.3 Å². The number of hydrogen-bond acceptors (Lipinski definition) is 4. The van der Waals surface area contributed by atoms with Gasteiger partial charge in [0.1, 0.15) is 11.9 Å². The molecular formula is C31H38FN3O4S. The number of halogens is 1. The van der Waals surface area contributed by atoms with Gasteiger partial charge in [-0.05, 0) is 62.6 Å².